The molecule has 5 heteroatoms. The van der Waals surface area contributed by atoms with Crippen molar-refractivity contribution in [3.05, 3.63) is 95.3 Å². The van der Waals surface area contributed by atoms with Crippen molar-refractivity contribution in [2.24, 2.45) is 0 Å². The fraction of sp³-hybridized carbons (Fsp3) is 0.160. The van der Waals surface area contributed by atoms with Crippen LogP contribution in [0.2, 0.25) is 0 Å². The first-order valence-electron chi connectivity index (χ1n) is 9.88. The highest BCUT2D eigenvalue weighted by Gasteiger charge is 2.28. The van der Waals surface area contributed by atoms with Crippen LogP contribution in [0.4, 0.5) is 9.18 Å². The van der Waals surface area contributed by atoms with Crippen LogP contribution in [0.15, 0.2) is 72.8 Å². The number of carbonyl (C=O) groups is 1. The molecule has 0 spiro atoms. The monoisotopic (exact) mass is 403 g/mol. The molecule has 152 valence electrons. The molecule has 0 radical (unpaired) electrons. The summed E-state index contributed by atoms with van der Waals surface area (Å²) in [6.45, 7) is 0.612. The average Bonchev–Trinajstić information content (AvgIpc) is 3.08. The van der Waals surface area contributed by atoms with Gasteiger partial charge in [0.05, 0.1) is 5.56 Å². The summed E-state index contributed by atoms with van der Waals surface area (Å²) in [5.41, 5.74) is 4.84. The van der Waals surface area contributed by atoms with Crippen molar-refractivity contribution in [1.29, 1.82) is 0 Å². The minimum Gasteiger partial charge on any atom is -0.507 e. The van der Waals surface area contributed by atoms with Crippen LogP contribution in [0.3, 0.4) is 0 Å². The fourth-order valence-electron chi connectivity index (χ4n) is 3.80. The number of rotatable bonds is 6. The lowest BCUT2D eigenvalue weighted by Crippen LogP contribution is -2.26. The van der Waals surface area contributed by atoms with Crippen molar-refractivity contribution < 1.29 is 19.0 Å². The Hall–Kier alpha value is -3.60. The van der Waals surface area contributed by atoms with Crippen molar-refractivity contribution in [1.82, 2.24) is 5.32 Å². The molecular formula is C25H22FNO3. The lowest BCUT2D eigenvalue weighted by atomic mass is 9.98. The predicted molar refractivity (Wildman–Crippen MR) is 115 cm³/mol. The number of hydrogen-bond donors (Lipinski definition) is 2. The fourth-order valence-corrected chi connectivity index (χ4v) is 3.80. The molecule has 0 aliphatic heterocycles. The van der Waals surface area contributed by atoms with Crippen molar-refractivity contribution in [3.8, 4) is 16.9 Å². The lowest BCUT2D eigenvalue weighted by Gasteiger charge is -2.14. The largest absolute Gasteiger partial charge is 0.507 e. The highest BCUT2D eigenvalue weighted by Crippen LogP contribution is 2.44. The molecule has 1 aliphatic carbocycles. The van der Waals surface area contributed by atoms with Crippen LogP contribution in [-0.4, -0.2) is 24.4 Å². The van der Waals surface area contributed by atoms with Gasteiger partial charge in [0.1, 0.15) is 18.2 Å². The van der Waals surface area contributed by atoms with Crippen LogP contribution in [0.25, 0.3) is 17.2 Å². The zero-order chi connectivity index (χ0) is 20.9. The number of benzene rings is 3. The van der Waals surface area contributed by atoms with Gasteiger partial charge in [-0.15, -0.1) is 0 Å². The summed E-state index contributed by atoms with van der Waals surface area (Å²) < 4.78 is 19.1. The van der Waals surface area contributed by atoms with E-state index in [1.807, 2.05) is 24.3 Å². The third-order valence-electron chi connectivity index (χ3n) is 5.24. The summed E-state index contributed by atoms with van der Waals surface area (Å²) in [7, 11) is 0. The third-order valence-corrected chi connectivity index (χ3v) is 5.24. The Balaban J connectivity index is 1.29. The van der Waals surface area contributed by atoms with Crippen LogP contribution in [0.5, 0.6) is 5.75 Å². The summed E-state index contributed by atoms with van der Waals surface area (Å²) >= 11 is 0. The quantitative estimate of drug-likeness (QED) is 0.536. The number of halogens is 1. The van der Waals surface area contributed by atoms with Crippen LogP contribution in [-0.2, 0) is 4.74 Å². The number of amides is 1. The summed E-state index contributed by atoms with van der Waals surface area (Å²) in [6.07, 6.45) is 3.20. The van der Waals surface area contributed by atoms with Gasteiger partial charge in [-0.1, -0.05) is 66.7 Å². The first-order valence-corrected chi connectivity index (χ1v) is 9.88. The van der Waals surface area contributed by atoms with Crippen LogP contribution >= 0.6 is 0 Å². The SMILES string of the molecule is O=C(NCCC=Cc1c(O)cccc1F)OCC1c2ccccc2-c2ccccc21. The molecule has 0 aromatic heterocycles. The van der Waals surface area contributed by atoms with Gasteiger partial charge >= 0.3 is 6.09 Å². The Morgan fingerprint density at radius 2 is 1.67 bits per heavy atom. The first-order chi connectivity index (χ1) is 14.6. The molecule has 1 amide bonds. The molecule has 30 heavy (non-hydrogen) atoms. The van der Waals surface area contributed by atoms with Crippen LogP contribution in [0, 0.1) is 5.82 Å². The average molecular weight is 403 g/mol. The first kappa shape index (κ1) is 19.7. The van der Waals surface area contributed by atoms with Gasteiger partial charge in [0, 0.05) is 12.5 Å². The summed E-state index contributed by atoms with van der Waals surface area (Å²) in [6, 6.07) is 20.5. The number of fused-ring (bicyclic) bond motifs is 3. The molecule has 4 rings (SSSR count). The highest BCUT2D eigenvalue weighted by molar-refractivity contribution is 5.79. The smallest absolute Gasteiger partial charge is 0.407 e. The molecule has 2 N–H and O–H groups in total. The zero-order valence-electron chi connectivity index (χ0n) is 16.3. The number of phenolic OH excluding ortho intramolecular Hbond substituents is 1. The summed E-state index contributed by atoms with van der Waals surface area (Å²) in [5.74, 6) is -0.585. The van der Waals surface area contributed by atoms with Gasteiger partial charge in [-0.2, -0.15) is 0 Å². The molecular weight excluding hydrogens is 381 g/mol. The second kappa shape index (κ2) is 8.82. The predicted octanol–water partition coefficient (Wildman–Crippen LogP) is 5.47. The van der Waals surface area contributed by atoms with E-state index >= 15 is 0 Å². The molecule has 1 aliphatic rings. The molecule has 0 bridgehead atoms. The molecule has 3 aromatic rings. The Labute approximate surface area is 174 Å². The van der Waals surface area contributed by atoms with Crippen molar-refractivity contribution in [2.75, 3.05) is 13.2 Å². The van der Waals surface area contributed by atoms with E-state index in [2.05, 4.69) is 29.6 Å². The zero-order valence-corrected chi connectivity index (χ0v) is 16.3. The number of carbonyl (C=O) groups excluding carboxylic acids is 1. The Morgan fingerprint density at radius 3 is 2.33 bits per heavy atom. The highest BCUT2D eigenvalue weighted by atomic mass is 19.1. The molecule has 0 saturated carbocycles. The maximum Gasteiger partial charge on any atom is 0.407 e. The van der Waals surface area contributed by atoms with Gasteiger partial charge in [0.15, 0.2) is 0 Å². The molecule has 3 aromatic carbocycles. The number of alkyl carbamates (subject to hydrolysis) is 1. The van der Waals surface area contributed by atoms with Gasteiger partial charge in [-0.3, -0.25) is 0 Å². The number of nitrogens with one attached hydrogen (secondary N) is 1. The molecule has 0 saturated heterocycles. The third kappa shape index (κ3) is 4.06. The van der Waals surface area contributed by atoms with E-state index < -0.39 is 11.9 Å². The second-order valence-electron chi connectivity index (χ2n) is 7.12. The Bertz CT molecular complexity index is 1030. The summed E-state index contributed by atoms with van der Waals surface area (Å²) in [5, 5.41) is 12.4. The van der Waals surface area contributed by atoms with Gasteiger partial charge in [-0.05, 0) is 40.8 Å². The van der Waals surface area contributed by atoms with Crippen LogP contribution in [0.1, 0.15) is 29.0 Å². The molecule has 0 fully saturated rings. The van der Waals surface area contributed by atoms with Crippen molar-refractivity contribution in [2.45, 2.75) is 12.3 Å². The van der Waals surface area contributed by atoms with Gasteiger partial charge in [0.25, 0.3) is 0 Å². The van der Waals surface area contributed by atoms with E-state index in [0.717, 1.165) is 0 Å². The van der Waals surface area contributed by atoms with E-state index in [1.54, 1.807) is 6.08 Å². The van der Waals surface area contributed by atoms with Crippen molar-refractivity contribution in [3.63, 3.8) is 0 Å². The van der Waals surface area contributed by atoms with E-state index in [1.165, 1.54) is 46.5 Å². The normalized spacial score (nSPS) is 12.6. The minimum absolute atomic E-state index is 0.0204. The maximum absolute atomic E-state index is 13.6. The Kier molecular flexibility index (Phi) is 5.80. The second-order valence-corrected chi connectivity index (χ2v) is 7.12. The number of ether oxygens (including phenoxy) is 1. The molecule has 4 nitrogen and oxygen atoms in total. The van der Waals surface area contributed by atoms with E-state index in [0.29, 0.717) is 13.0 Å². The van der Waals surface area contributed by atoms with E-state index in [4.69, 9.17) is 4.74 Å². The topological polar surface area (TPSA) is 58.6 Å². The minimum atomic E-state index is -0.490. The molecule has 0 unspecified atom stereocenters. The summed E-state index contributed by atoms with van der Waals surface area (Å²) in [4.78, 5) is 12.1. The molecule has 0 atom stereocenters. The lowest BCUT2D eigenvalue weighted by molar-refractivity contribution is 0.143. The number of phenols is 1. The van der Waals surface area contributed by atoms with Crippen molar-refractivity contribution >= 4 is 12.2 Å². The van der Waals surface area contributed by atoms with E-state index in [-0.39, 0.29) is 23.8 Å². The Morgan fingerprint density at radius 1 is 1.00 bits per heavy atom. The van der Waals surface area contributed by atoms with Gasteiger partial charge in [-0.25, -0.2) is 9.18 Å². The molecule has 0 heterocycles. The van der Waals surface area contributed by atoms with Crippen LogP contribution < -0.4 is 5.32 Å². The van der Waals surface area contributed by atoms with Gasteiger partial charge < -0.3 is 15.2 Å². The number of hydrogen-bond acceptors (Lipinski definition) is 3. The maximum atomic E-state index is 13.6. The standard InChI is InChI=1S/C25H22FNO3/c26-23-13-7-14-24(28)21(23)12-5-6-15-27-25(29)30-16-22-19-10-3-1-8-17(19)18-9-2-4-11-20(18)22/h1-5,7-14,22,28H,6,15-16H2,(H,27,29). The van der Waals surface area contributed by atoms with Gasteiger partial charge in [0.2, 0.25) is 0 Å². The van der Waals surface area contributed by atoms with E-state index in [9.17, 15) is 14.3 Å². The number of aromatic hydroxyl groups is 1.